The fourth-order valence-corrected chi connectivity index (χ4v) is 2.04. The molecular weight excluding hydrogens is 239 g/mol. The molecule has 2 aromatic rings. The van der Waals surface area contributed by atoms with E-state index in [1.807, 2.05) is 37.1 Å². The summed E-state index contributed by atoms with van der Waals surface area (Å²) in [6, 6.07) is 16.1. The third-order valence-electron chi connectivity index (χ3n) is 3.32. The third-order valence-corrected chi connectivity index (χ3v) is 3.32. The third kappa shape index (κ3) is 2.74. The first-order valence-electron chi connectivity index (χ1n) is 6.11. The molecule has 2 aromatic carbocycles. The quantitative estimate of drug-likeness (QED) is 0.830. The van der Waals surface area contributed by atoms with Gasteiger partial charge in [0, 0.05) is 18.3 Å². The van der Waals surface area contributed by atoms with Crippen LogP contribution in [0.15, 0.2) is 48.5 Å². The van der Waals surface area contributed by atoms with Crippen LogP contribution in [-0.4, -0.2) is 7.05 Å². The van der Waals surface area contributed by atoms with E-state index in [0.29, 0.717) is 11.1 Å². The number of anilines is 1. The molecule has 0 heterocycles. The van der Waals surface area contributed by atoms with Gasteiger partial charge < -0.3 is 4.90 Å². The number of halogens is 1. The van der Waals surface area contributed by atoms with E-state index in [0.717, 1.165) is 5.69 Å². The normalized spacial score (nSPS) is 11.7. The summed E-state index contributed by atoms with van der Waals surface area (Å²) in [7, 11) is 1.90. The second-order valence-corrected chi connectivity index (χ2v) is 4.47. The molecule has 0 N–H and O–H groups in total. The van der Waals surface area contributed by atoms with Crippen LogP contribution in [0, 0.1) is 17.1 Å². The van der Waals surface area contributed by atoms with Crippen LogP contribution in [0.4, 0.5) is 10.1 Å². The Balaban J connectivity index is 2.31. The molecule has 0 aromatic heterocycles. The fraction of sp³-hybridized carbons (Fsp3) is 0.188. The van der Waals surface area contributed by atoms with Gasteiger partial charge in [0.05, 0.1) is 17.7 Å². The van der Waals surface area contributed by atoms with Crippen LogP contribution < -0.4 is 4.90 Å². The van der Waals surface area contributed by atoms with E-state index in [1.165, 1.54) is 6.07 Å². The van der Waals surface area contributed by atoms with Gasteiger partial charge in [0.2, 0.25) is 0 Å². The molecule has 0 fully saturated rings. The Kier molecular flexibility index (Phi) is 3.82. The van der Waals surface area contributed by atoms with Gasteiger partial charge in [-0.25, -0.2) is 4.39 Å². The molecule has 96 valence electrons. The van der Waals surface area contributed by atoms with Crippen molar-refractivity contribution < 1.29 is 4.39 Å². The molecule has 1 unspecified atom stereocenters. The van der Waals surface area contributed by atoms with Crippen molar-refractivity contribution in [1.29, 1.82) is 5.26 Å². The predicted molar refractivity (Wildman–Crippen MR) is 74.4 cm³/mol. The number of benzene rings is 2. The molecule has 0 aliphatic heterocycles. The minimum absolute atomic E-state index is 0.102. The number of hydrogen-bond donors (Lipinski definition) is 0. The summed E-state index contributed by atoms with van der Waals surface area (Å²) in [5, 5.41) is 8.92. The molecule has 0 radical (unpaired) electrons. The largest absolute Gasteiger partial charge is 0.368 e. The predicted octanol–water partition coefficient (Wildman–Crippen LogP) is 3.89. The Bertz CT molecular complexity index is 616. The van der Waals surface area contributed by atoms with Crippen molar-refractivity contribution in [3.63, 3.8) is 0 Å². The minimum atomic E-state index is -0.210. The SMILES string of the molecule is CC(c1ccccc1F)N(C)c1cccc(C#N)c1. The molecule has 1 atom stereocenters. The number of nitrogens with zero attached hydrogens (tertiary/aromatic N) is 2. The van der Waals surface area contributed by atoms with Crippen LogP contribution in [0.3, 0.4) is 0 Å². The topological polar surface area (TPSA) is 27.0 Å². The zero-order valence-corrected chi connectivity index (χ0v) is 11.0. The fourth-order valence-electron chi connectivity index (χ4n) is 2.04. The molecule has 3 heteroatoms. The first-order chi connectivity index (χ1) is 9.13. The molecule has 0 spiro atoms. The first-order valence-corrected chi connectivity index (χ1v) is 6.11. The minimum Gasteiger partial charge on any atom is -0.368 e. The number of rotatable bonds is 3. The summed E-state index contributed by atoms with van der Waals surface area (Å²) in [6.45, 7) is 1.94. The van der Waals surface area contributed by atoms with Crippen molar-refractivity contribution in [2.75, 3.05) is 11.9 Å². The van der Waals surface area contributed by atoms with E-state index in [-0.39, 0.29) is 11.9 Å². The highest BCUT2D eigenvalue weighted by Crippen LogP contribution is 2.27. The molecule has 0 bridgehead atoms. The maximum atomic E-state index is 13.8. The van der Waals surface area contributed by atoms with E-state index in [1.54, 1.807) is 24.3 Å². The molecule has 0 saturated carbocycles. The van der Waals surface area contributed by atoms with Crippen molar-refractivity contribution in [3.8, 4) is 6.07 Å². The van der Waals surface area contributed by atoms with Gasteiger partial charge in [-0.15, -0.1) is 0 Å². The molecule has 19 heavy (non-hydrogen) atoms. The van der Waals surface area contributed by atoms with E-state index in [4.69, 9.17) is 5.26 Å². The van der Waals surface area contributed by atoms with E-state index in [9.17, 15) is 4.39 Å². The van der Waals surface area contributed by atoms with Gasteiger partial charge in [-0.2, -0.15) is 5.26 Å². The summed E-state index contributed by atoms with van der Waals surface area (Å²) in [5.74, 6) is -0.210. The maximum absolute atomic E-state index is 13.8. The molecule has 0 amide bonds. The lowest BCUT2D eigenvalue weighted by Crippen LogP contribution is -2.22. The Morgan fingerprint density at radius 2 is 1.89 bits per heavy atom. The van der Waals surface area contributed by atoms with Crippen LogP contribution >= 0.6 is 0 Å². The summed E-state index contributed by atoms with van der Waals surface area (Å²) >= 11 is 0. The number of nitriles is 1. The molecule has 0 aliphatic carbocycles. The highest BCUT2D eigenvalue weighted by molar-refractivity contribution is 5.52. The lowest BCUT2D eigenvalue weighted by molar-refractivity contribution is 0.585. The smallest absolute Gasteiger partial charge is 0.128 e. The van der Waals surface area contributed by atoms with Gasteiger partial charge in [-0.05, 0) is 31.2 Å². The maximum Gasteiger partial charge on any atom is 0.128 e. The van der Waals surface area contributed by atoms with Gasteiger partial charge in [0.1, 0.15) is 5.82 Å². The van der Waals surface area contributed by atoms with Crippen molar-refractivity contribution in [1.82, 2.24) is 0 Å². The standard InChI is InChI=1S/C16H15FN2/c1-12(15-8-3-4-9-16(15)17)19(2)14-7-5-6-13(10-14)11-18/h3-10,12H,1-2H3. The van der Waals surface area contributed by atoms with E-state index >= 15 is 0 Å². The molecule has 0 aliphatic rings. The Hall–Kier alpha value is -2.34. The molecule has 0 saturated heterocycles. The Morgan fingerprint density at radius 3 is 2.58 bits per heavy atom. The lowest BCUT2D eigenvalue weighted by Gasteiger charge is -2.27. The van der Waals surface area contributed by atoms with Gasteiger partial charge in [-0.3, -0.25) is 0 Å². The molecule has 2 nitrogen and oxygen atoms in total. The highest BCUT2D eigenvalue weighted by atomic mass is 19.1. The highest BCUT2D eigenvalue weighted by Gasteiger charge is 2.15. The summed E-state index contributed by atoms with van der Waals surface area (Å²) in [6.07, 6.45) is 0. The summed E-state index contributed by atoms with van der Waals surface area (Å²) in [4.78, 5) is 1.96. The summed E-state index contributed by atoms with van der Waals surface area (Å²) in [5.41, 5.74) is 2.15. The van der Waals surface area contributed by atoms with Gasteiger partial charge >= 0.3 is 0 Å². The van der Waals surface area contributed by atoms with Crippen LogP contribution in [-0.2, 0) is 0 Å². The number of hydrogen-bond acceptors (Lipinski definition) is 2. The van der Waals surface area contributed by atoms with Crippen molar-refractivity contribution >= 4 is 5.69 Å². The van der Waals surface area contributed by atoms with Crippen LogP contribution in [0.5, 0.6) is 0 Å². The average molecular weight is 254 g/mol. The Morgan fingerprint density at radius 1 is 1.16 bits per heavy atom. The van der Waals surface area contributed by atoms with Crippen molar-refractivity contribution in [3.05, 3.63) is 65.5 Å². The van der Waals surface area contributed by atoms with Crippen LogP contribution in [0.25, 0.3) is 0 Å². The monoisotopic (exact) mass is 254 g/mol. The first kappa shape index (κ1) is 13.1. The van der Waals surface area contributed by atoms with Crippen LogP contribution in [0.1, 0.15) is 24.1 Å². The van der Waals surface area contributed by atoms with E-state index in [2.05, 4.69) is 6.07 Å². The van der Waals surface area contributed by atoms with Gasteiger partial charge in [-0.1, -0.05) is 24.3 Å². The molecule has 2 rings (SSSR count). The van der Waals surface area contributed by atoms with Crippen LogP contribution in [0.2, 0.25) is 0 Å². The second-order valence-electron chi connectivity index (χ2n) is 4.47. The molecular formula is C16H15FN2. The van der Waals surface area contributed by atoms with Gasteiger partial charge in [0.25, 0.3) is 0 Å². The van der Waals surface area contributed by atoms with Gasteiger partial charge in [0.15, 0.2) is 0 Å². The lowest BCUT2D eigenvalue weighted by atomic mass is 10.1. The van der Waals surface area contributed by atoms with Crippen molar-refractivity contribution in [2.45, 2.75) is 13.0 Å². The Labute approximate surface area is 112 Å². The summed E-state index contributed by atoms with van der Waals surface area (Å²) < 4.78 is 13.8. The van der Waals surface area contributed by atoms with Crippen molar-refractivity contribution in [2.24, 2.45) is 0 Å². The van der Waals surface area contributed by atoms with E-state index < -0.39 is 0 Å². The zero-order chi connectivity index (χ0) is 13.8. The average Bonchev–Trinajstić information content (AvgIpc) is 2.46. The second kappa shape index (κ2) is 5.53. The zero-order valence-electron chi connectivity index (χ0n) is 11.0.